The Kier molecular flexibility index (Phi) is 6.14. The maximum atomic E-state index is 6.03. The molecule has 3 atom stereocenters. The monoisotopic (exact) mass is 456 g/mol. The average molecular weight is 457 g/mol. The lowest BCUT2D eigenvalue weighted by Gasteiger charge is -2.15. The Balaban J connectivity index is 1.04. The van der Waals surface area contributed by atoms with Crippen LogP contribution in [0.25, 0.3) is 11.3 Å². The highest BCUT2D eigenvalue weighted by Gasteiger charge is 2.28. The van der Waals surface area contributed by atoms with Crippen LogP contribution < -0.4 is 20.7 Å². The first kappa shape index (κ1) is 21.5. The Hall–Kier alpha value is -3.00. The molecule has 6 rings (SSSR count). The van der Waals surface area contributed by atoms with E-state index >= 15 is 0 Å². The van der Waals surface area contributed by atoms with Crippen LogP contribution in [0.2, 0.25) is 0 Å². The van der Waals surface area contributed by atoms with Crippen molar-refractivity contribution in [1.29, 1.82) is 0 Å². The van der Waals surface area contributed by atoms with E-state index in [4.69, 9.17) is 9.73 Å². The van der Waals surface area contributed by atoms with Crippen LogP contribution in [0.3, 0.4) is 0 Å². The van der Waals surface area contributed by atoms with Crippen LogP contribution in [0.4, 0.5) is 0 Å². The smallest absolute Gasteiger partial charge is 0.123 e. The van der Waals surface area contributed by atoms with Crippen LogP contribution in [-0.4, -0.2) is 47.5 Å². The van der Waals surface area contributed by atoms with Crippen molar-refractivity contribution >= 4 is 5.71 Å². The molecule has 176 valence electrons. The van der Waals surface area contributed by atoms with Crippen LogP contribution in [0.5, 0.6) is 5.75 Å². The van der Waals surface area contributed by atoms with Crippen LogP contribution in [-0.2, 0) is 6.61 Å². The van der Waals surface area contributed by atoms with E-state index < -0.39 is 0 Å². The predicted octanol–water partition coefficient (Wildman–Crippen LogP) is 3.55. The molecule has 0 aliphatic carbocycles. The fourth-order valence-corrected chi connectivity index (χ4v) is 5.12. The first-order valence-electron chi connectivity index (χ1n) is 12.5. The van der Waals surface area contributed by atoms with Gasteiger partial charge in [-0.15, -0.1) is 0 Å². The van der Waals surface area contributed by atoms with E-state index in [0.717, 1.165) is 60.2 Å². The van der Waals surface area contributed by atoms with E-state index in [1.807, 2.05) is 18.3 Å². The Morgan fingerprint density at radius 1 is 0.853 bits per heavy atom. The van der Waals surface area contributed by atoms with Crippen LogP contribution in [0.15, 0.2) is 59.7 Å². The molecule has 3 aromatic rings. The van der Waals surface area contributed by atoms with Crippen molar-refractivity contribution < 1.29 is 4.74 Å². The first-order valence-corrected chi connectivity index (χ1v) is 12.5. The van der Waals surface area contributed by atoms with Crippen molar-refractivity contribution in [2.75, 3.05) is 19.6 Å². The summed E-state index contributed by atoms with van der Waals surface area (Å²) in [5.74, 6) is 1.89. The lowest BCUT2D eigenvalue weighted by Crippen LogP contribution is -2.40. The molecule has 0 bridgehead atoms. The molecule has 7 heteroatoms. The first-order chi connectivity index (χ1) is 16.8. The SMILES string of the molecule is c1cc(C2=NC(C3CCCN3)NC2)ccc1COc1ccc(-c2cnc(C3CCCN3)[nH]2)cc1. The number of H-pyrrole nitrogens is 1. The molecule has 0 radical (unpaired) electrons. The molecule has 0 saturated carbocycles. The fourth-order valence-electron chi connectivity index (χ4n) is 5.12. The molecule has 3 aliphatic heterocycles. The molecule has 2 aromatic carbocycles. The third-order valence-corrected chi connectivity index (χ3v) is 7.10. The number of hydrogen-bond acceptors (Lipinski definition) is 6. The highest BCUT2D eigenvalue weighted by Crippen LogP contribution is 2.26. The third kappa shape index (κ3) is 4.64. The number of aromatic amines is 1. The molecular weight excluding hydrogens is 424 g/mol. The van der Waals surface area contributed by atoms with E-state index in [-0.39, 0.29) is 6.17 Å². The lowest BCUT2D eigenvalue weighted by atomic mass is 10.1. The van der Waals surface area contributed by atoms with Gasteiger partial charge in [-0.05, 0) is 79.7 Å². The second-order valence-corrected chi connectivity index (χ2v) is 9.45. The van der Waals surface area contributed by atoms with Gasteiger partial charge in [-0.3, -0.25) is 10.3 Å². The second-order valence-electron chi connectivity index (χ2n) is 9.45. The minimum Gasteiger partial charge on any atom is -0.489 e. The Morgan fingerprint density at radius 3 is 2.41 bits per heavy atom. The standard InChI is InChI=1S/C27H32N6O/c1-3-22(28-13-1)26-30-15-24(32-26)19-7-5-18(6-8-19)17-34-21-11-9-20(10-12-21)25-16-31-27(33-25)23-4-2-14-29-23/h5-12,16,22-23,26,28-30H,1-4,13-15,17H2,(H,31,33). The number of ether oxygens (including phenoxy) is 1. The summed E-state index contributed by atoms with van der Waals surface area (Å²) < 4.78 is 6.03. The number of benzene rings is 2. The topological polar surface area (TPSA) is 86.4 Å². The van der Waals surface area contributed by atoms with E-state index in [1.165, 1.54) is 24.8 Å². The van der Waals surface area contributed by atoms with E-state index in [9.17, 15) is 0 Å². The summed E-state index contributed by atoms with van der Waals surface area (Å²) in [4.78, 5) is 13.0. The fraction of sp³-hybridized carbons (Fsp3) is 0.407. The van der Waals surface area contributed by atoms with Gasteiger partial charge in [0.1, 0.15) is 24.3 Å². The summed E-state index contributed by atoms with van der Waals surface area (Å²) in [5.41, 5.74) is 5.64. The Bertz CT molecular complexity index is 1120. The zero-order valence-electron chi connectivity index (χ0n) is 19.4. The summed E-state index contributed by atoms with van der Waals surface area (Å²) in [6.07, 6.45) is 6.92. The van der Waals surface area contributed by atoms with Gasteiger partial charge < -0.3 is 20.4 Å². The molecule has 3 unspecified atom stereocenters. The number of nitrogens with one attached hydrogen (secondary N) is 4. The summed E-state index contributed by atoms with van der Waals surface area (Å²) in [6, 6.07) is 17.6. The van der Waals surface area contributed by atoms with Crippen molar-refractivity contribution in [3.05, 3.63) is 71.7 Å². The average Bonchev–Trinajstić information content (AvgIpc) is 3.70. The summed E-state index contributed by atoms with van der Waals surface area (Å²) in [7, 11) is 0. The highest BCUT2D eigenvalue weighted by molar-refractivity contribution is 6.03. The van der Waals surface area contributed by atoms with Gasteiger partial charge in [-0.2, -0.15) is 0 Å². The zero-order chi connectivity index (χ0) is 22.7. The highest BCUT2D eigenvalue weighted by atomic mass is 16.5. The molecular formula is C27H32N6O. The molecule has 0 spiro atoms. The molecule has 34 heavy (non-hydrogen) atoms. The van der Waals surface area contributed by atoms with E-state index in [1.54, 1.807) is 0 Å². The maximum Gasteiger partial charge on any atom is 0.123 e. The summed E-state index contributed by atoms with van der Waals surface area (Å²) >= 11 is 0. The van der Waals surface area contributed by atoms with Gasteiger partial charge in [0.25, 0.3) is 0 Å². The predicted molar refractivity (Wildman–Crippen MR) is 134 cm³/mol. The van der Waals surface area contributed by atoms with Crippen molar-refractivity contribution in [2.45, 2.75) is 50.5 Å². The molecule has 7 nitrogen and oxygen atoms in total. The number of nitrogens with zero attached hydrogens (tertiary/aromatic N) is 2. The second kappa shape index (κ2) is 9.70. The van der Waals surface area contributed by atoms with Gasteiger partial charge in [0, 0.05) is 12.6 Å². The van der Waals surface area contributed by atoms with Gasteiger partial charge >= 0.3 is 0 Å². The van der Waals surface area contributed by atoms with Gasteiger partial charge in [-0.1, -0.05) is 24.3 Å². The molecule has 3 aliphatic rings. The molecule has 0 amide bonds. The van der Waals surface area contributed by atoms with Crippen molar-refractivity contribution in [1.82, 2.24) is 25.9 Å². The molecule has 1 aromatic heterocycles. The van der Waals surface area contributed by atoms with Gasteiger partial charge in [0.2, 0.25) is 0 Å². The van der Waals surface area contributed by atoms with E-state index in [0.29, 0.717) is 18.7 Å². The number of rotatable bonds is 7. The van der Waals surface area contributed by atoms with Crippen LogP contribution >= 0.6 is 0 Å². The minimum absolute atomic E-state index is 0.205. The Morgan fingerprint density at radius 2 is 1.65 bits per heavy atom. The van der Waals surface area contributed by atoms with Gasteiger partial charge in [0.15, 0.2) is 0 Å². The molecule has 4 N–H and O–H groups in total. The maximum absolute atomic E-state index is 6.03. The number of aliphatic imine (C=N–C) groups is 1. The van der Waals surface area contributed by atoms with E-state index in [2.05, 4.69) is 62.3 Å². The van der Waals surface area contributed by atoms with Gasteiger partial charge in [0.05, 0.1) is 23.6 Å². The molecule has 2 saturated heterocycles. The van der Waals surface area contributed by atoms with Crippen LogP contribution in [0.1, 0.15) is 48.7 Å². The number of hydrogen-bond donors (Lipinski definition) is 4. The van der Waals surface area contributed by atoms with Crippen molar-refractivity contribution in [2.24, 2.45) is 4.99 Å². The van der Waals surface area contributed by atoms with Gasteiger partial charge in [-0.25, -0.2) is 4.98 Å². The van der Waals surface area contributed by atoms with Crippen molar-refractivity contribution in [3.63, 3.8) is 0 Å². The quantitative estimate of drug-likeness (QED) is 0.437. The summed E-state index contributed by atoms with van der Waals surface area (Å²) in [6.45, 7) is 3.55. The number of aromatic nitrogens is 2. The molecule has 4 heterocycles. The number of imidazole rings is 1. The molecule has 2 fully saturated rings. The van der Waals surface area contributed by atoms with Crippen molar-refractivity contribution in [3.8, 4) is 17.0 Å². The third-order valence-electron chi connectivity index (χ3n) is 7.10. The lowest BCUT2D eigenvalue weighted by molar-refractivity contribution is 0.306. The van der Waals surface area contributed by atoms with Crippen LogP contribution in [0, 0.1) is 0 Å². The zero-order valence-corrected chi connectivity index (χ0v) is 19.4. The minimum atomic E-state index is 0.205. The Labute approximate surface area is 200 Å². The summed E-state index contributed by atoms with van der Waals surface area (Å²) in [5, 5.41) is 10.6. The normalized spacial score (nSPS) is 24.5. The largest absolute Gasteiger partial charge is 0.489 e.